The third-order valence-corrected chi connectivity index (χ3v) is 4.33. The summed E-state index contributed by atoms with van der Waals surface area (Å²) in [7, 11) is 3.48. The second kappa shape index (κ2) is 6.88. The monoisotopic (exact) mass is 347 g/mol. The summed E-state index contributed by atoms with van der Waals surface area (Å²) in [6, 6.07) is 17.3. The fourth-order valence-corrected chi connectivity index (χ4v) is 2.90. The smallest absolute Gasteiger partial charge is 0.253 e. The lowest BCUT2D eigenvalue weighted by Crippen LogP contribution is -2.21. The summed E-state index contributed by atoms with van der Waals surface area (Å²) < 4.78 is 0. The van der Waals surface area contributed by atoms with Crippen LogP contribution in [0.25, 0.3) is 22.4 Å². The van der Waals surface area contributed by atoms with E-state index in [0.29, 0.717) is 11.1 Å². The van der Waals surface area contributed by atoms with Crippen LogP contribution < -0.4 is 5.73 Å². The van der Waals surface area contributed by atoms with Crippen LogP contribution in [-0.2, 0) is 0 Å². The number of H-pyrrole nitrogens is 1. The first-order valence-electron chi connectivity index (χ1n) is 8.29. The average molecular weight is 347 g/mol. The van der Waals surface area contributed by atoms with Gasteiger partial charge in [0.1, 0.15) is 0 Å². The molecule has 132 valence electrons. The predicted molar refractivity (Wildman–Crippen MR) is 103 cm³/mol. The second-order valence-corrected chi connectivity index (χ2v) is 6.44. The lowest BCUT2D eigenvalue weighted by molar-refractivity contribution is 0.0827. The Morgan fingerprint density at radius 3 is 2.15 bits per heavy atom. The zero-order valence-electron chi connectivity index (χ0n) is 15.0. The summed E-state index contributed by atoms with van der Waals surface area (Å²) in [5.41, 5.74) is 11.1. The maximum Gasteiger partial charge on any atom is 0.253 e. The van der Waals surface area contributed by atoms with E-state index in [2.05, 4.69) is 4.98 Å². The first kappa shape index (κ1) is 17.5. The molecule has 0 aliphatic heterocycles. The molecule has 3 N–H and O–H groups in total. The predicted octanol–water partition coefficient (Wildman–Crippen LogP) is 3.46. The molecule has 0 fully saturated rings. The fourth-order valence-electron chi connectivity index (χ4n) is 2.90. The number of benzene rings is 2. The maximum atomic E-state index is 12.1. The van der Waals surface area contributed by atoms with Gasteiger partial charge in [0.25, 0.3) is 11.8 Å². The van der Waals surface area contributed by atoms with Crippen molar-refractivity contribution in [3.8, 4) is 22.4 Å². The van der Waals surface area contributed by atoms with Crippen LogP contribution in [-0.4, -0.2) is 35.8 Å². The normalized spacial score (nSPS) is 10.6. The molecule has 2 aromatic carbocycles. The Kier molecular flexibility index (Phi) is 4.63. The van der Waals surface area contributed by atoms with Gasteiger partial charge in [0.2, 0.25) is 0 Å². The molecule has 0 bridgehead atoms. The third kappa shape index (κ3) is 3.37. The van der Waals surface area contributed by atoms with E-state index in [9.17, 15) is 9.59 Å². The van der Waals surface area contributed by atoms with E-state index in [-0.39, 0.29) is 5.91 Å². The highest BCUT2D eigenvalue weighted by atomic mass is 16.2. The molecule has 0 radical (unpaired) electrons. The van der Waals surface area contributed by atoms with Crippen LogP contribution in [0, 0.1) is 6.92 Å². The Balaban J connectivity index is 1.91. The van der Waals surface area contributed by atoms with E-state index in [4.69, 9.17) is 5.73 Å². The molecule has 0 spiro atoms. The molecule has 0 aliphatic rings. The number of carbonyl (C=O) groups is 2. The number of amides is 2. The van der Waals surface area contributed by atoms with Crippen molar-refractivity contribution < 1.29 is 9.59 Å². The molecule has 0 saturated heterocycles. The van der Waals surface area contributed by atoms with E-state index in [1.807, 2.05) is 55.5 Å². The van der Waals surface area contributed by atoms with Crippen LogP contribution in [0.3, 0.4) is 0 Å². The Morgan fingerprint density at radius 2 is 1.58 bits per heavy atom. The highest BCUT2D eigenvalue weighted by Crippen LogP contribution is 2.26. The zero-order chi connectivity index (χ0) is 18.8. The lowest BCUT2D eigenvalue weighted by atomic mass is 10.0. The van der Waals surface area contributed by atoms with Crippen molar-refractivity contribution in [2.75, 3.05) is 14.1 Å². The van der Waals surface area contributed by atoms with Gasteiger partial charge in [-0.3, -0.25) is 9.59 Å². The maximum absolute atomic E-state index is 12.1. The number of rotatable bonds is 4. The number of nitrogens with one attached hydrogen (secondary N) is 1. The van der Waals surface area contributed by atoms with Crippen LogP contribution in [0.4, 0.5) is 0 Å². The molecule has 5 heteroatoms. The minimum Gasteiger partial charge on any atom is -0.366 e. The molecule has 1 aromatic heterocycles. The number of aryl methyl sites for hydroxylation is 1. The molecule has 0 aliphatic carbocycles. The number of aromatic nitrogens is 1. The van der Waals surface area contributed by atoms with Crippen molar-refractivity contribution >= 4 is 11.8 Å². The van der Waals surface area contributed by atoms with Gasteiger partial charge in [0, 0.05) is 31.0 Å². The number of nitrogens with two attached hydrogens (primary N) is 1. The Bertz CT molecular complexity index is 969. The van der Waals surface area contributed by atoms with Crippen LogP contribution in [0.1, 0.15) is 26.4 Å². The third-order valence-electron chi connectivity index (χ3n) is 4.33. The van der Waals surface area contributed by atoms with Crippen molar-refractivity contribution in [3.63, 3.8) is 0 Å². The standard InChI is InChI=1S/C21H21N3O2/c1-13-18(20(22)25)12-19(23-13)15-9-7-14(8-10-15)16-5-4-6-17(11-16)21(26)24(2)3/h4-12,23H,1-3H3,(H2,22,25). The van der Waals surface area contributed by atoms with Crippen LogP contribution in [0.2, 0.25) is 0 Å². The largest absolute Gasteiger partial charge is 0.366 e. The minimum absolute atomic E-state index is 0.0238. The van der Waals surface area contributed by atoms with Crippen molar-refractivity contribution in [3.05, 3.63) is 71.4 Å². The van der Waals surface area contributed by atoms with Crippen molar-refractivity contribution in [2.24, 2.45) is 5.73 Å². The number of nitrogens with zero attached hydrogens (tertiary/aromatic N) is 1. The first-order valence-corrected chi connectivity index (χ1v) is 8.29. The molecule has 2 amide bonds. The molecule has 5 nitrogen and oxygen atoms in total. The van der Waals surface area contributed by atoms with E-state index < -0.39 is 5.91 Å². The average Bonchev–Trinajstić information content (AvgIpc) is 3.03. The molecular weight excluding hydrogens is 326 g/mol. The number of carbonyl (C=O) groups excluding carboxylic acids is 2. The number of aromatic amines is 1. The number of hydrogen-bond donors (Lipinski definition) is 2. The van der Waals surface area contributed by atoms with Gasteiger partial charge in [-0.25, -0.2) is 0 Å². The topological polar surface area (TPSA) is 79.2 Å². The Labute approximate surface area is 152 Å². The summed E-state index contributed by atoms with van der Waals surface area (Å²) in [6.07, 6.45) is 0. The summed E-state index contributed by atoms with van der Waals surface area (Å²) in [6.45, 7) is 1.82. The van der Waals surface area contributed by atoms with Crippen molar-refractivity contribution in [2.45, 2.75) is 6.92 Å². The van der Waals surface area contributed by atoms with Gasteiger partial charge in [-0.15, -0.1) is 0 Å². The number of primary amides is 1. The van der Waals surface area contributed by atoms with Gasteiger partial charge < -0.3 is 15.6 Å². The summed E-state index contributed by atoms with van der Waals surface area (Å²) >= 11 is 0. The highest BCUT2D eigenvalue weighted by Gasteiger charge is 2.12. The van der Waals surface area contributed by atoms with Crippen LogP contribution >= 0.6 is 0 Å². The quantitative estimate of drug-likeness (QED) is 0.758. The first-order chi connectivity index (χ1) is 12.4. The molecule has 26 heavy (non-hydrogen) atoms. The molecular formula is C21H21N3O2. The highest BCUT2D eigenvalue weighted by molar-refractivity contribution is 5.96. The number of hydrogen-bond acceptors (Lipinski definition) is 2. The lowest BCUT2D eigenvalue weighted by Gasteiger charge is -2.11. The molecule has 0 unspecified atom stereocenters. The summed E-state index contributed by atoms with van der Waals surface area (Å²) in [5, 5.41) is 0. The van der Waals surface area contributed by atoms with Gasteiger partial charge >= 0.3 is 0 Å². The molecule has 0 atom stereocenters. The SMILES string of the molecule is Cc1[nH]c(-c2ccc(-c3cccc(C(=O)N(C)C)c3)cc2)cc1C(N)=O. The van der Waals surface area contributed by atoms with E-state index in [1.54, 1.807) is 25.1 Å². The van der Waals surface area contributed by atoms with Gasteiger partial charge in [-0.2, -0.15) is 0 Å². The van der Waals surface area contributed by atoms with Crippen LogP contribution in [0.5, 0.6) is 0 Å². The van der Waals surface area contributed by atoms with Gasteiger partial charge in [0.05, 0.1) is 5.56 Å². The Hall–Kier alpha value is -3.34. The van der Waals surface area contributed by atoms with Gasteiger partial charge in [-0.05, 0) is 41.8 Å². The van der Waals surface area contributed by atoms with Crippen LogP contribution in [0.15, 0.2) is 54.6 Å². The Morgan fingerprint density at radius 1 is 0.923 bits per heavy atom. The minimum atomic E-state index is -0.441. The van der Waals surface area contributed by atoms with Crippen molar-refractivity contribution in [1.29, 1.82) is 0 Å². The second-order valence-electron chi connectivity index (χ2n) is 6.44. The molecule has 1 heterocycles. The zero-order valence-corrected chi connectivity index (χ0v) is 15.0. The van der Waals surface area contributed by atoms with E-state index in [1.165, 1.54) is 0 Å². The van der Waals surface area contributed by atoms with Gasteiger partial charge in [-0.1, -0.05) is 36.4 Å². The summed E-state index contributed by atoms with van der Waals surface area (Å²) in [4.78, 5) is 28.3. The summed E-state index contributed by atoms with van der Waals surface area (Å²) in [5.74, 6) is -0.465. The van der Waals surface area contributed by atoms with E-state index >= 15 is 0 Å². The fraction of sp³-hybridized carbons (Fsp3) is 0.143. The molecule has 0 saturated carbocycles. The van der Waals surface area contributed by atoms with Crippen molar-refractivity contribution in [1.82, 2.24) is 9.88 Å². The molecule has 3 aromatic rings. The van der Waals surface area contributed by atoms with Gasteiger partial charge in [0.15, 0.2) is 0 Å². The van der Waals surface area contributed by atoms with E-state index in [0.717, 1.165) is 28.1 Å². The molecule has 3 rings (SSSR count).